The minimum absolute atomic E-state index is 0.258. The molecule has 24 heavy (non-hydrogen) atoms. The van der Waals surface area contributed by atoms with Crippen molar-refractivity contribution in [2.75, 3.05) is 13.7 Å². The second-order valence-corrected chi connectivity index (χ2v) is 5.46. The summed E-state index contributed by atoms with van der Waals surface area (Å²) in [5.41, 5.74) is 1.08. The molecule has 0 aliphatic carbocycles. The van der Waals surface area contributed by atoms with Crippen LogP contribution in [0, 0.1) is 0 Å². The molecule has 5 nitrogen and oxygen atoms in total. The fourth-order valence-corrected chi connectivity index (χ4v) is 2.58. The molecule has 0 aliphatic rings. The van der Waals surface area contributed by atoms with Crippen LogP contribution in [0.3, 0.4) is 0 Å². The van der Waals surface area contributed by atoms with Crippen molar-refractivity contribution in [3.63, 3.8) is 0 Å². The molecular formula is C19H18N2O3. The van der Waals surface area contributed by atoms with Gasteiger partial charge in [-0.25, -0.2) is 0 Å². The van der Waals surface area contributed by atoms with Gasteiger partial charge in [0, 0.05) is 11.9 Å². The molecule has 0 aliphatic heterocycles. The molecular weight excluding hydrogens is 304 g/mol. The maximum absolute atomic E-state index is 12.2. The number of pyridine rings is 1. The Bertz CT molecular complexity index is 931. The number of nitrogens with one attached hydrogen (secondary N) is 2. The standard InChI is InChI=1S/C19H18N2O3/c1-24-15-7-4-5-13(11-15)9-10-20-19(23)17-12-14-6-2-3-8-16(14)18(22)21-17/h2-8,11-12H,9-10H2,1H3,(H,20,23)(H,21,22). The second kappa shape index (κ2) is 7.00. The number of rotatable bonds is 5. The highest BCUT2D eigenvalue weighted by molar-refractivity contribution is 5.96. The van der Waals surface area contributed by atoms with Crippen molar-refractivity contribution in [2.24, 2.45) is 0 Å². The number of fused-ring (bicyclic) bond motifs is 1. The second-order valence-electron chi connectivity index (χ2n) is 5.46. The smallest absolute Gasteiger partial charge is 0.267 e. The van der Waals surface area contributed by atoms with Gasteiger partial charge in [0.25, 0.3) is 11.5 Å². The Morgan fingerprint density at radius 3 is 2.79 bits per heavy atom. The van der Waals surface area contributed by atoms with Gasteiger partial charge >= 0.3 is 0 Å². The van der Waals surface area contributed by atoms with Crippen LogP contribution >= 0.6 is 0 Å². The van der Waals surface area contributed by atoms with E-state index in [1.165, 1.54) is 0 Å². The van der Waals surface area contributed by atoms with Crippen LogP contribution in [0.4, 0.5) is 0 Å². The average molecular weight is 322 g/mol. The number of H-pyrrole nitrogens is 1. The van der Waals surface area contributed by atoms with Gasteiger partial charge in [0.05, 0.1) is 7.11 Å². The predicted molar refractivity (Wildman–Crippen MR) is 93.6 cm³/mol. The van der Waals surface area contributed by atoms with Gasteiger partial charge in [-0.3, -0.25) is 9.59 Å². The van der Waals surface area contributed by atoms with Crippen LogP contribution in [0.1, 0.15) is 16.1 Å². The van der Waals surface area contributed by atoms with E-state index in [2.05, 4.69) is 10.3 Å². The van der Waals surface area contributed by atoms with Gasteiger partial charge in [-0.15, -0.1) is 0 Å². The Labute approximate surface area is 139 Å². The SMILES string of the molecule is COc1cccc(CCNC(=O)c2cc3ccccc3c(=O)[nH]2)c1. The number of methoxy groups -OCH3 is 1. The molecule has 5 heteroatoms. The first-order chi connectivity index (χ1) is 11.7. The summed E-state index contributed by atoms with van der Waals surface area (Å²) in [4.78, 5) is 26.9. The van der Waals surface area contributed by atoms with Crippen LogP contribution in [0.25, 0.3) is 10.8 Å². The highest BCUT2D eigenvalue weighted by Crippen LogP contribution is 2.13. The molecule has 0 fully saturated rings. The maximum Gasteiger partial charge on any atom is 0.267 e. The fourth-order valence-electron chi connectivity index (χ4n) is 2.58. The lowest BCUT2D eigenvalue weighted by molar-refractivity contribution is 0.0949. The largest absolute Gasteiger partial charge is 0.497 e. The number of carbonyl (C=O) groups excluding carboxylic acids is 1. The molecule has 3 aromatic rings. The molecule has 0 saturated carbocycles. The van der Waals surface area contributed by atoms with E-state index in [0.717, 1.165) is 16.7 Å². The molecule has 2 N–H and O–H groups in total. The molecule has 0 bridgehead atoms. The summed E-state index contributed by atoms with van der Waals surface area (Å²) in [6.45, 7) is 0.473. The van der Waals surface area contributed by atoms with E-state index in [-0.39, 0.29) is 17.2 Å². The van der Waals surface area contributed by atoms with Crippen molar-refractivity contribution in [1.82, 2.24) is 10.3 Å². The highest BCUT2D eigenvalue weighted by Gasteiger charge is 2.09. The van der Waals surface area contributed by atoms with E-state index in [4.69, 9.17) is 4.74 Å². The van der Waals surface area contributed by atoms with Gasteiger partial charge < -0.3 is 15.0 Å². The van der Waals surface area contributed by atoms with E-state index < -0.39 is 0 Å². The quantitative estimate of drug-likeness (QED) is 0.758. The molecule has 3 rings (SSSR count). The van der Waals surface area contributed by atoms with E-state index in [1.807, 2.05) is 36.4 Å². The summed E-state index contributed by atoms with van der Waals surface area (Å²) in [5.74, 6) is 0.499. The van der Waals surface area contributed by atoms with Gasteiger partial charge in [-0.1, -0.05) is 30.3 Å². The number of hydrogen-bond donors (Lipinski definition) is 2. The number of aromatic amines is 1. The fraction of sp³-hybridized carbons (Fsp3) is 0.158. The third-order valence-corrected chi connectivity index (χ3v) is 3.83. The highest BCUT2D eigenvalue weighted by atomic mass is 16.5. The minimum atomic E-state index is -0.291. The topological polar surface area (TPSA) is 71.2 Å². The molecule has 0 atom stereocenters. The van der Waals surface area contributed by atoms with E-state index in [1.54, 1.807) is 25.3 Å². The Kier molecular flexibility index (Phi) is 4.61. The Morgan fingerprint density at radius 2 is 1.96 bits per heavy atom. The first-order valence-corrected chi connectivity index (χ1v) is 7.70. The molecule has 1 heterocycles. The predicted octanol–water partition coefficient (Wildman–Crippen LogP) is 2.51. The number of benzene rings is 2. The summed E-state index contributed by atoms with van der Waals surface area (Å²) in [6, 6.07) is 16.6. The Hall–Kier alpha value is -3.08. The van der Waals surface area contributed by atoms with Gasteiger partial charge in [0.2, 0.25) is 0 Å². The molecule has 1 aromatic heterocycles. The van der Waals surface area contributed by atoms with E-state index in [9.17, 15) is 9.59 Å². The zero-order chi connectivity index (χ0) is 16.9. The van der Waals surface area contributed by atoms with Gasteiger partial charge in [0.1, 0.15) is 11.4 Å². The van der Waals surface area contributed by atoms with Crippen molar-refractivity contribution in [3.05, 3.63) is 76.2 Å². The van der Waals surface area contributed by atoms with Gasteiger partial charge in [-0.05, 0) is 41.6 Å². The number of ether oxygens (including phenoxy) is 1. The molecule has 122 valence electrons. The van der Waals surface area contributed by atoms with Crippen LogP contribution in [0.15, 0.2) is 59.4 Å². The van der Waals surface area contributed by atoms with Crippen molar-refractivity contribution in [1.29, 1.82) is 0 Å². The maximum atomic E-state index is 12.2. The van der Waals surface area contributed by atoms with Crippen molar-refractivity contribution < 1.29 is 9.53 Å². The van der Waals surface area contributed by atoms with E-state index >= 15 is 0 Å². The van der Waals surface area contributed by atoms with Crippen LogP contribution in [0.5, 0.6) is 5.75 Å². The van der Waals surface area contributed by atoms with Crippen LogP contribution in [-0.4, -0.2) is 24.5 Å². The van der Waals surface area contributed by atoms with E-state index in [0.29, 0.717) is 18.4 Å². The average Bonchev–Trinajstić information content (AvgIpc) is 2.62. The minimum Gasteiger partial charge on any atom is -0.497 e. The molecule has 0 radical (unpaired) electrons. The zero-order valence-electron chi connectivity index (χ0n) is 13.3. The molecule has 0 unspecified atom stereocenters. The summed E-state index contributed by atoms with van der Waals surface area (Å²) in [6.07, 6.45) is 0.681. The molecule has 1 amide bonds. The lowest BCUT2D eigenvalue weighted by Gasteiger charge is -2.07. The molecule has 0 spiro atoms. The number of aromatic nitrogens is 1. The Morgan fingerprint density at radius 1 is 1.12 bits per heavy atom. The zero-order valence-corrected chi connectivity index (χ0v) is 13.3. The van der Waals surface area contributed by atoms with Gasteiger partial charge in [0.15, 0.2) is 0 Å². The summed E-state index contributed by atoms with van der Waals surface area (Å²) in [5, 5.41) is 4.15. The lowest BCUT2D eigenvalue weighted by Crippen LogP contribution is -2.28. The molecule has 0 saturated heterocycles. The van der Waals surface area contributed by atoms with Crippen LogP contribution < -0.4 is 15.6 Å². The first kappa shape index (κ1) is 15.8. The first-order valence-electron chi connectivity index (χ1n) is 7.70. The van der Waals surface area contributed by atoms with Gasteiger partial charge in [-0.2, -0.15) is 0 Å². The number of hydrogen-bond acceptors (Lipinski definition) is 3. The monoisotopic (exact) mass is 322 g/mol. The number of amides is 1. The third kappa shape index (κ3) is 3.46. The Balaban J connectivity index is 1.68. The summed E-state index contributed by atoms with van der Waals surface area (Å²) in [7, 11) is 1.62. The molecule has 2 aromatic carbocycles. The van der Waals surface area contributed by atoms with Crippen LogP contribution in [0.2, 0.25) is 0 Å². The summed E-state index contributed by atoms with van der Waals surface area (Å²) >= 11 is 0. The van der Waals surface area contributed by atoms with Crippen molar-refractivity contribution in [2.45, 2.75) is 6.42 Å². The third-order valence-electron chi connectivity index (χ3n) is 3.83. The van der Waals surface area contributed by atoms with Crippen LogP contribution in [-0.2, 0) is 6.42 Å². The normalized spacial score (nSPS) is 10.5. The number of carbonyl (C=O) groups is 1. The van der Waals surface area contributed by atoms with Crippen molar-refractivity contribution in [3.8, 4) is 5.75 Å². The summed E-state index contributed by atoms with van der Waals surface area (Å²) < 4.78 is 5.18. The van der Waals surface area contributed by atoms with Crippen molar-refractivity contribution >= 4 is 16.7 Å². The lowest BCUT2D eigenvalue weighted by atomic mass is 10.1.